The third-order valence-electron chi connectivity index (χ3n) is 2.42. The molecule has 0 spiro atoms. The van der Waals surface area contributed by atoms with E-state index in [0.29, 0.717) is 35.6 Å². The number of carbonyl (C=O) groups excluding carboxylic acids is 1. The van der Waals surface area contributed by atoms with E-state index in [0.717, 1.165) is 0 Å². The number of hydrogen-bond donors (Lipinski definition) is 2. The van der Waals surface area contributed by atoms with Crippen molar-refractivity contribution in [2.75, 3.05) is 18.4 Å². The highest BCUT2D eigenvalue weighted by atomic mass is 16.6. The van der Waals surface area contributed by atoms with Crippen LogP contribution >= 0.6 is 0 Å². The van der Waals surface area contributed by atoms with Crippen LogP contribution in [-0.2, 0) is 4.79 Å². The first-order valence-electron chi connectivity index (χ1n) is 5.15. The SMILES string of the molecule is O=C(Nc1cccc2nonc12)C1=NCCN1. The number of aliphatic imine (C=N–C) groups is 1. The molecule has 7 heteroatoms. The summed E-state index contributed by atoms with van der Waals surface area (Å²) in [7, 11) is 0. The Kier molecular flexibility index (Phi) is 2.21. The number of benzene rings is 1. The van der Waals surface area contributed by atoms with Crippen molar-refractivity contribution in [1.82, 2.24) is 15.6 Å². The second-order valence-electron chi connectivity index (χ2n) is 3.55. The topological polar surface area (TPSA) is 92.4 Å². The molecule has 0 bridgehead atoms. The minimum atomic E-state index is -0.280. The van der Waals surface area contributed by atoms with Gasteiger partial charge in [-0.3, -0.25) is 9.79 Å². The molecule has 0 saturated heterocycles. The minimum Gasteiger partial charge on any atom is -0.364 e. The average Bonchev–Trinajstić information content (AvgIpc) is 3.00. The van der Waals surface area contributed by atoms with E-state index in [-0.39, 0.29) is 5.91 Å². The van der Waals surface area contributed by atoms with E-state index in [2.05, 4.69) is 30.6 Å². The molecule has 2 aromatic rings. The molecule has 2 N–H and O–H groups in total. The van der Waals surface area contributed by atoms with Gasteiger partial charge in [0.2, 0.25) is 0 Å². The molecule has 2 heterocycles. The molecule has 1 aromatic carbocycles. The predicted molar refractivity (Wildman–Crippen MR) is 60.7 cm³/mol. The van der Waals surface area contributed by atoms with Crippen LogP contribution in [0.3, 0.4) is 0 Å². The van der Waals surface area contributed by atoms with E-state index in [9.17, 15) is 4.79 Å². The second-order valence-corrected chi connectivity index (χ2v) is 3.55. The number of amides is 1. The summed E-state index contributed by atoms with van der Waals surface area (Å²) in [6.45, 7) is 1.32. The number of anilines is 1. The van der Waals surface area contributed by atoms with Gasteiger partial charge in [-0.05, 0) is 22.4 Å². The number of aromatic nitrogens is 2. The maximum Gasteiger partial charge on any atom is 0.290 e. The molecule has 1 amide bonds. The first-order chi connectivity index (χ1) is 8.34. The lowest BCUT2D eigenvalue weighted by Crippen LogP contribution is -2.32. The Morgan fingerprint density at radius 2 is 2.35 bits per heavy atom. The smallest absolute Gasteiger partial charge is 0.290 e. The molecule has 86 valence electrons. The fourth-order valence-electron chi connectivity index (χ4n) is 1.64. The Hall–Kier alpha value is -2.44. The van der Waals surface area contributed by atoms with E-state index < -0.39 is 0 Å². The Bertz CT molecular complexity index is 604. The van der Waals surface area contributed by atoms with Crippen molar-refractivity contribution in [1.29, 1.82) is 0 Å². The van der Waals surface area contributed by atoms with Crippen LogP contribution in [0.25, 0.3) is 11.0 Å². The van der Waals surface area contributed by atoms with Gasteiger partial charge >= 0.3 is 0 Å². The highest BCUT2D eigenvalue weighted by molar-refractivity contribution is 6.42. The zero-order valence-corrected chi connectivity index (χ0v) is 8.80. The molecule has 0 unspecified atom stereocenters. The number of fused-ring (bicyclic) bond motifs is 1. The van der Waals surface area contributed by atoms with Crippen LogP contribution in [0.5, 0.6) is 0 Å². The van der Waals surface area contributed by atoms with E-state index in [1.807, 2.05) is 0 Å². The van der Waals surface area contributed by atoms with E-state index >= 15 is 0 Å². The highest BCUT2D eigenvalue weighted by Crippen LogP contribution is 2.19. The second kappa shape index (κ2) is 3.85. The lowest BCUT2D eigenvalue weighted by molar-refractivity contribution is -0.110. The van der Waals surface area contributed by atoms with Gasteiger partial charge in [-0.15, -0.1) is 0 Å². The van der Waals surface area contributed by atoms with Crippen molar-refractivity contribution in [3.05, 3.63) is 18.2 Å². The van der Waals surface area contributed by atoms with Crippen molar-refractivity contribution in [3.8, 4) is 0 Å². The molecule has 1 aromatic heterocycles. The predicted octanol–water partition coefficient (Wildman–Crippen LogP) is 0.163. The zero-order valence-electron chi connectivity index (χ0n) is 8.80. The molecule has 7 nitrogen and oxygen atoms in total. The summed E-state index contributed by atoms with van der Waals surface area (Å²) in [5.74, 6) is 0.0662. The quantitative estimate of drug-likeness (QED) is 0.768. The first-order valence-corrected chi connectivity index (χ1v) is 5.15. The molecule has 1 aliphatic rings. The Morgan fingerprint density at radius 3 is 3.18 bits per heavy atom. The molecule has 0 fully saturated rings. The number of amidine groups is 1. The van der Waals surface area contributed by atoms with E-state index in [1.54, 1.807) is 18.2 Å². The molecule has 0 saturated carbocycles. The van der Waals surface area contributed by atoms with E-state index in [1.165, 1.54) is 0 Å². The summed E-state index contributed by atoms with van der Waals surface area (Å²) >= 11 is 0. The van der Waals surface area contributed by atoms with Gasteiger partial charge < -0.3 is 10.6 Å². The lowest BCUT2D eigenvalue weighted by Gasteiger charge is -2.04. The number of nitrogens with one attached hydrogen (secondary N) is 2. The van der Waals surface area contributed by atoms with Crippen LogP contribution in [-0.4, -0.2) is 35.1 Å². The third kappa shape index (κ3) is 1.71. The van der Waals surface area contributed by atoms with Crippen LogP contribution < -0.4 is 10.6 Å². The fourth-order valence-corrected chi connectivity index (χ4v) is 1.64. The van der Waals surface area contributed by atoms with Crippen molar-refractivity contribution in [3.63, 3.8) is 0 Å². The minimum absolute atomic E-state index is 0.280. The first kappa shape index (κ1) is 9.76. The summed E-state index contributed by atoms with van der Waals surface area (Å²) < 4.78 is 4.62. The van der Waals surface area contributed by atoms with E-state index in [4.69, 9.17) is 0 Å². The number of nitrogens with zero attached hydrogens (tertiary/aromatic N) is 3. The molecule has 1 aliphatic heterocycles. The molecule has 0 aliphatic carbocycles. The number of rotatable bonds is 2. The fraction of sp³-hybridized carbons (Fsp3) is 0.200. The molecule has 3 rings (SSSR count). The summed E-state index contributed by atoms with van der Waals surface area (Å²) in [5, 5.41) is 13.1. The van der Waals surface area contributed by atoms with Crippen LogP contribution in [0.1, 0.15) is 0 Å². The lowest BCUT2D eigenvalue weighted by atomic mass is 10.2. The number of hydrogen-bond acceptors (Lipinski definition) is 6. The van der Waals surface area contributed by atoms with Gasteiger partial charge in [0.25, 0.3) is 5.91 Å². The monoisotopic (exact) mass is 231 g/mol. The van der Waals surface area contributed by atoms with Crippen molar-refractivity contribution >= 4 is 28.5 Å². The standard InChI is InChI=1S/C10H9N5O2/c16-10(9-11-4-5-12-9)13-6-2-1-3-7-8(6)15-17-14-7/h1-3H,4-5H2,(H,11,12)(H,13,16). The largest absolute Gasteiger partial charge is 0.364 e. The maximum absolute atomic E-state index is 11.8. The summed E-state index contributed by atoms with van der Waals surface area (Å²) in [4.78, 5) is 15.8. The van der Waals surface area contributed by atoms with Crippen molar-refractivity contribution < 1.29 is 9.42 Å². The molecule has 0 atom stereocenters. The van der Waals surface area contributed by atoms with Gasteiger partial charge in [0.05, 0.1) is 12.2 Å². The molecule has 17 heavy (non-hydrogen) atoms. The zero-order chi connectivity index (χ0) is 11.7. The highest BCUT2D eigenvalue weighted by Gasteiger charge is 2.16. The summed E-state index contributed by atoms with van der Waals surface area (Å²) in [6, 6.07) is 5.26. The van der Waals surface area contributed by atoms with Gasteiger partial charge in [-0.2, -0.15) is 0 Å². The van der Waals surface area contributed by atoms with Crippen LogP contribution in [0.15, 0.2) is 27.8 Å². The Labute approximate surface area is 95.9 Å². The van der Waals surface area contributed by atoms with Gasteiger partial charge in [-0.1, -0.05) is 6.07 Å². The Balaban J connectivity index is 1.89. The van der Waals surface area contributed by atoms with Gasteiger partial charge in [-0.25, -0.2) is 4.63 Å². The Morgan fingerprint density at radius 1 is 1.41 bits per heavy atom. The summed E-state index contributed by atoms with van der Waals surface area (Å²) in [6.07, 6.45) is 0. The molecular formula is C10H9N5O2. The average molecular weight is 231 g/mol. The summed E-state index contributed by atoms with van der Waals surface area (Å²) in [5.41, 5.74) is 1.69. The van der Waals surface area contributed by atoms with Gasteiger partial charge in [0.1, 0.15) is 5.52 Å². The molecule has 0 radical (unpaired) electrons. The normalized spacial score (nSPS) is 14.5. The van der Waals surface area contributed by atoms with Crippen LogP contribution in [0, 0.1) is 0 Å². The van der Waals surface area contributed by atoms with Crippen LogP contribution in [0.4, 0.5) is 5.69 Å². The number of carbonyl (C=O) groups is 1. The third-order valence-corrected chi connectivity index (χ3v) is 2.42. The molecular weight excluding hydrogens is 222 g/mol. The van der Waals surface area contributed by atoms with Crippen LogP contribution in [0.2, 0.25) is 0 Å². The van der Waals surface area contributed by atoms with Crippen molar-refractivity contribution in [2.45, 2.75) is 0 Å². The van der Waals surface area contributed by atoms with Gasteiger partial charge in [0.15, 0.2) is 11.4 Å². The van der Waals surface area contributed by atoms with Gasteiger partial charge in [0, 0.05) is 6.54 Å². The van der Waals surface area contributed by atoms with Crippen molar-refractivity contribution in [2.24, 2.45) is 4.99 Å². The maximum atomic E-state index is 11.8.